The van der Waals surface area contributed by atoms with E-state index in [-0.39, 0.29) is 0 Å². The largest absolute Gasteiger partial charge is 0.311 e. The zero-order chi connectivity index (χ0) is 28.8. The lowest BCUT2D eigenvalue weighted by atomic mass is 9.48. The lowest BCUT2D eigenvalue weighted by Crippen LogP contribution is -2.48. The van der Waals surface area contributed by atoms with Gasteiger partial charge in [-0.3, -0.25) is 0 Å². The zero-order valence-electron chi connectivity index (χ0n) is 24.8. The van der Waals surface area contributed by atoms with Gasteiger partial charge in [-0.15, -0.1) is 0 Å². The smallest absolute Gasteiger partial charge is 0.0462 e. The molecule has 5 aromatic carbocycles. The summed E-state index contributed by atoms with van der Waals surface area (Å²) in [7, 11) is 0. The third kappa shape index (κ3) is 4.91. The average Bonchev–Trinajstić information content (AvgIpc) is 3.06. The topological polar surface area (TPSA) is 3.24 Å². The molecule has 5 aromatic rings. The van der Waals surface area contributed by atoms with Crippen LogP contribution < -0.4 is 4.90 Å². The van der Waals surface area contributed by atoms with E-state index in [9.17, 15) is 0 Å². The van der Waals surface area contributed by atoms with Gasteiger partial charge in [0.2, 0.25) is 0 Å². The summed E-state index contributed by atoms with van der Waals surface area (Å²) >= 11 is 0. The molecule has 9 rings (SSSR count). The molecule has 4 aliphatic rings. The van der Waals surface area contributed by atoms with Gasteiger partial charge >= 0.3 is 0 Å². The van der Waals surface area contributed by atoms with Gasteiger partial charge in [0.05, 0.1) is 0 Å². The Morgan fingerprint density at radius 2 is 0.884 bits per heavy atom. The van der Waals surface area contributed by atoms with Crippen LogP contribution >= 0.6 is 0 Å². The molecule has 0 unspecified atom stereocenters. The van der Waals surface area contributed by atoms with Gasteiger partial charge in [-0.2, -0.15) is 0 Å². The van der Waals surface area contributed by atoms with Crippen molar-refractivity contribution >= 4 is 23.1 Å². The van der Waals surface area contributed by atoms with Crippen molar-refractivity contribution in [2.75, 3.05) is 4.90 Å². The van der Waals surface area contributed by atoms with E-state index in [0.29, 0.717) is 5.41 Å². The van der Waals surface area contributed by atoms with Crippen LogP contribution in [0.3, 0.4) is 0 Å². The second kappa shape index (κ2) is 10.7. The summed E-state index contributed by atoms with van der Waals surface area (Å²) in [6.07, 6.45) is 10.6. The SMILES string of the molecule is C=Cc1ccc(N(c2ccc(-c3ccccc3)cc2)c2ccc(-c3ccc(C45CC6CC(CC(C6)C4)C5)cc3)cc2)cc1. The van der Waals surface area contributed by atoms with E-state index in [1.807, 2.05) is 6.08 Å². The van der Waals surface area contributed by atoms with Gasteiger partial charge in [0, 0.05) is 17.1 Å². The maximum absolute atomic E-state index is 3.94. The number of anilines is 3. The van der Waals surface area contributed by atoms with Crippen LogP contribution in [-0.4, -0.2) is 0 Å². The van der Waals surface area contributed by atoms with Gasteiger partial charge in [-0.1, -0.05) is 104 Å². The van der Waals surface area contributed by atoms with E-state index in [1.165, 1.54) is 60.8 Å². The van der Waals surface area contributed by atoms with E-state index < -0.39 is 0 Å². The molecule has 1 heteroatoms. The van der Waals surface area contributed by atoms with Crippen LogP contribution in [0.1, 0.15) is 49.7 Å². The molecule has 0 spiro atoms. The van der Waals surface area contributed by atoms with Crippen molar-refractivity contribution in [3.63, 3.8) is 0 Å². The monoisotopic (exact) mass is 557 g/mol. The predicted molar refractivity (Wildman–Crippen MR) is 182 cm³/mol. The normalized spacial score (nSPS) is 23.7. The first-order valence-corrected chi connectivity index (χ1v) is 16.0. The Bertz CT molecular complexity index is 1680. The maximum Gasteiger partial charge on any atom is 0.0462 e. The van der Waals surface area contributed by atoms with Crippen LogP contribution in [0.2, 0.25) is 0 Å². The minimum atomic E-state index is 0.453. The Kier molecular flexibility index (Phi) is 6.56. The van der Waals surface area contributed by atoms with Gasteiger partial charge in [-0.05, 0) is 131 Å². The second-order valence-electron chi connectivity index (χ2n) is 13.4. The summed E-state index contributed by atoms with van der Waals surface area (Å²) in [6, 6.07) is 46.8. The molecule has 0 aromatic heterocycles. The zero-order valence-corrected chi connectivity index (χ0v) is 24.8. The molecule has 0 saturated heterocycles. The van der Waals surface area contributed by atoms with E-state index >= 15 is 0 Å². The minimum absolute atomic E-state index is 0.453. The van der Waals surface area contributed by atoms with Crippen molar-refractivity contribution < 1.29 is 0 Å². The van der Waals surface area contributed by atoms with Crippen LogP contribution in [0.5, 0.6) is 0 Å². The Morgan fingerprint density at radius 1 is 0.488 bits per heavy atom. The molecule has 212 valence electrons. The summed E-state index contributed by atoms with van der Waals surface area (Å²) in [4.78, 5) is 2.33. The Labute approximate surface area is 256 Å². The number of nitrogens with zero attached hydrogens (tertiary/aromatic N) is 1. The first-order chi connectivity index (χ1) is 21.2. The fourth-order valence-electron chi connectivity index (χ4n) is 8.92. The molecule has 4 bridgehead atoms. The lowest BCUT2D eigenvalue weighted by molar-refractivity contribution is -0.00518. The van der Waals surface area contributed by atoms with E-state index in [4.69, 9.17) is 0 Å². The molecule has 0 atom stereocenters. The van der Waals surface area contributed by atoms with Crippen molar-refractivity contribution in [2.45, 2.75) is 43.9 Å². The third-order valence-electron chi connectivity index (χ3n) is 10.6. The quantitative estimate of drug-likeness (QED) is 0.192. The van der Waals surface area contributed by atoms with Crippen molar-refractivity contribution in [1.29, 1.82) is 0 Å². The van der Waals surface area contributed by atoms with Crippen LogP contribution in [0.15, 0.2) is 134 Å². The van der Waals surface area contributed by atoms with Gasteiger partial charge in [0.25, 0.3) is 0 Å². The second-order valence-corrected chi connectivity index (χ2v) is 13.4. The standard InChI is InChI=1S/C42H39N/c1-2-30-8-18-39(19-9-30)43(40-20-12-36(13-21-40)34-6-4-3-5-7-34)41-22-14-37(15-23-41)35-10-16-38(17-11-35)42-27-31-24-32(28-42)26-33(25-31)29-42/h2-23,31-33H,1,24-29H2. The van der Waals surface area contributed by atoms with Gasteiger partial charge in [-0.25, -0.2) is 0 Å². The highest BCUT2D eigenvalue weighted by Gasteiger charge is 2.51. The fraction of sp³-hybridized carbons (Fsp3) is 0.238. The van der Waals surface area contributed by atoms with Crippen LogP contribution in [0.25, 0.3) is 28.3 Å². The molecule has 0 amide bonds. The molecule has 4 aliphatic carbocycles. The lowest BCUT2D eigenvalue weighted by Gasteiger charge is -2.57. The summed E-state index contributed by atoms with van der Waals surface area (Å²) in [6.45, 7) is 3.94. The first kappa shape index (κ1) is 26.3. The molecule has 43 heavy (non-hydrogen) atoms. The van der Waals surface area contributed by atoms with E-state index in [2.05, 4.69) is 139 Å². The van der Waals surface area contributed by atoms with Gasteiger partial charge < -0.3 is 4.90 Å². The molecular formula is C42H39N. The molecule has 4 fully saturated rings. The van der Waals surface area contributed by atoms with Gasteiger partial charge in [0.1, 0.15) is 0 Å². The summed E-state index contributed by atoms with van der Waals surface area (Å²) in [5.41, 5.74) is 11.6. The Balaban J connectivity index is 1.08. The first-order valence-electron chi connectivity index (χ1n) is 16.0. The Morgan fingerprint density at radius 3 is 1.33 bits per heavy atom. The Hall–Kier alpha value is -4.36. The van der Waals surface area contributed by atoms with Crippen molar-refractivity contribution in [3.8, 4) is 22.3 Å². The van der Waals surface area contributed by atoms with Crippen molar-refractivity contribution in [1.82, 2.24) is 0 Å². The highest BCUT2D eigenvalue weighted by atomic mass is 15.1. The van der Waals surface area contributed by atoms with Crippen molar-refractivity contribution in [3.05, 3.63) is 145 Å². The summed E-state index contributed by atoms with van der Waals surface area (Å²) in [5, 5.41) is 0. The summed E-state index contributed by atoms with van der Waals surface area (Å²) in [5.74, 6) is 2.93. The average molecular weight is 558 g/mol. The minimum Gasteiger partial charge on any atom is -0.311 e. The van der Waals surface area contributed by atoms with Crippen LogP contribution in [0.4, 0.5) is 17.1 Å². The number of rotatable bonds is 7. The van der Waals surface area contributed by atoms with E-state index in [0.717, 1.165) is 40.4 Å². The fourth-order valence-corrected chi connectivity index (χ4v) is 8.92. The van der Waals surface area contributed by atoms with Gasteiger partial charge in [0.15, 0.2) is 0 Å². The number of hydrogen-bond acceptors (Lipinski definition) is 1. The number of hydrogen-bond donors (Lipinski definition) is 0. The molecule has 0 radical (unpaired) electrons. The molecule has 0 heterocycles. The van der Waals surface area contributed by atoms with Crippen LogP contribution in [-0.2, 0) is 5.41 Å². The summed E-state index contributed by atoms with van der Waals surface area (Å²) < 4.78 is 0. The third-order valence-corrected chi connectivity index (χ3v) is 10.6. The molecule has 1 nitrogen and oxygen atoms in total. The maximum atomic E-state index is 3.94. The molecule has 0 N–H and O–H groups in total. The molecule has 0 aliphatic heterocycles. The molecular weight excluding hydrogens is 518 g/mol. The number of benzene rings is 5. The van der Waals surface area contributed by atoms with Crippen molar-refractivity contribution in [2.24, 2.45) is 17.8 Å². The van der Waals surface area contributed by atoms with Crippen LogP contribution in [0, 0.1) is 17.8 Å². The highest BCUT2D eigenvalue weighted by molar-refractivity contribution is 5.80. The highest BCUT2D eigenvalue weighted by Crippen LogP contribution is 2.60. The molecule has 4 saturated carbocycles. The predicted octanol–water partition coefficient (Wildman–Crippen LogP) is 11.6. The van der Waals surface area contributed by atoms with E-state index in [1.54, 1.807) is 5.56 Å².